The second kappa shape index (κ2) is 3.60. The van der Waals surface area contributed by atoms with Crippen molar-refractivity contribution < 1.29 is 0 Å². The third-order valence-corrected chi connectivity index (χ3v) is 11.2. The minimum absolute atomic E-state index is 0.272. The molecular formula is C13H16OS4. The Morgan fingerprint density at radius 2 is 1.89 bits per heavy atom. The summed E-state index contributed by atoms with van der Waals surface area (Å²) in [7, 11) is 0. The molecule has 2 fully saturated rings. The quantitative estimate of drug-likeness (QED) is 0.698. The maximum Gasteiger partial charge on any atom is 0.289 e. The molecule has 0 spiro atoms. The van der Waals surface area contributed by atoms with Gasteiger partial charge in [-0.05, 0) is 37.0 Å². The van der Waals surface area contributed by atoms with Crippen LogP contribution in [-0.4, -0.2) is 10.00 Å². The fourth-order valence-corrected chi connectivity index (χ4v) is 10.8. The van der Waals surface area contributed by atoms with Crippen LogP contribution in [0.1, 0.15) is 33.6 Å². The predicted octanol–water partition coefficient (Wildman–Crippen LogP) is 4.56. The van der Waals surface area contributed by atoms with Crippen LogP contribution in [0.4, 0.5) is 0 Å². The van der Waals surface area contributed by atoms with E-state index in [-0.39, 0.29) is 4.06 Å². The van der Waals surface area contributed by atoms with Crippen LogP contribution in [-0.2, 0) is 0 Å². The Morgan fingerprint density at radius 3 is 2.67 bits per heavy atom. The molecular weight excluding hydrogens is 300 g/mol. The summed E-state index contributed by atoms with van der Waals surface area (Å²) in [4.78, 5) is 11.6. The van der Waals surface area contributed by atoms with Crippen molar-refractivity contribution in [1.82, 2.24) is 0 Å². The maximum absolute atomic E-state index is 11.6. The van der Waals surface area contributed by atoms with Gasteiger partial charge in [-0.25, -0.2) is 0 Å². The molecule has 0 saturated heterocycles. The molecule has 0 amide bonds. The normalized spacial score (nSPS) is 43.8. The summed E-state index contributed by atoms with van der Waals surface area (Å²) in [5.41, 5.74) is 0.536. The molecule has 2 aliphatic carbocycles. The smallest absolute Gasteiger partial charge is 0.265 e. The first kappa shape index (κ1) is 12.3. The molecule has 4 atom stereocenters. The number of hydrogen-bond acceptors (Lipinski definition) is 5. The third-order valence-electron chi connectivity index (χ3n) is 5.10. The molecule has 3 aliphatic rings. The summed E-state index contributed by atoms with van der Waals surface area (Å²) >= 11 is 6.96. The van der Waals surface area contributed by atoms with Gasteiger partial charge in [0, 0.05) is 10.00 Å². The van der Waals surface area contributed by atoms with Gasteiger partial charge < -0.3 is 0 Å². The second-order valence-corrected chi connectivity index (χ2v) is 11.9. The van der Waals surface area contributed by atoms with Crippen LogP contribution >= 0.6 is 46.2 Å². The van der Waals surface area contributed by atoms with Gasteiger partial charge in [0.1, 0.15) is 0 Å². The molecule has 0 bridgehead atoms. The third kappa shape index (κ3) is 1.51. The fraction of sp³-hybridized carbons (Fsp3) is 0.769. The van der Waals surface area contributed by atoms with Gasteiger partial charge in [0.05, 0.1) is 8.42 Å². The van der Waals surface area contributed by atoms with Gasteiger partial charge in [-0.2, -0.15) is 0 Å². The molecule has 5 heteroatoms. The minimum atomic E-state index is 0.272. The molecule has 1 aromatic rings. The largest absolute Gasteiger partial charge is 0.289 e. The van der Waals surface area contributed by atoms with Crippen LogP contribution in [0.5, 0.6) is 0 Å². The van der Waals surface area contributed by atoms with E-state index in [1.54, 1.807) is 0 Å². The number of thioether (sulfide) groups is 2. The SMILES string of the molecule is CC1(C)[C@@H]2[C@H]1CC[C@@]1(C)Sc3sc(=O)sc3S[C@@H]21. The lowest BCUT2D eigenvalue weighted by atomic mass is 9.89. The van der Waals surface area contributed by atoms with E-state index in [9.17, 15) is 4.79 Å². The van der Waals surface area contributed by atoms with Crippen molar-refractivity contribution in [2.45, 2.75) is 52.0 Å². The van der Waals surface area contributed by atoms with Crippen LogP contribution in [0, 0.1) is 17.3 Å². The summed E-state index contributed by atoms with van der Waals surface area (Å²) in [5, 5.41) is 0.717. The molecule has 2 heterocycles. The van der Waals surface area contributed by atoms with Gasteiger partial charge in [-0.1, -0.05) is 36.5 Å². The van der Waals surface area contributed by atoms with E-state index in [4.69, 9.17) is 0 Å². The van der Waals surface area contributed by atoms with Gasteiger partial charge >= 0.3 is 0 Å². The zero-order valence-electron chi connectivity index (χ0n) is 10.7. The molecule has 2 saturated carbocycles. The first-order valence-corrected chi connectivity index (χ1v) is 9.74. The first-order chi connectivity index (χ1) is 8.42. The highest BCUT2D eigenvalue weighted by Gasteiger charge is 2.67. The van der Waals surface area contributed by atoms with E-state index in [0.29, 0.717) is 15.4 Å². The van der Waals surface area contributed by atoms with Crippen LogP contribution in [0.3, 0.4) is 0 Å². The molecule has 4 rings (SSSR count). The van der Waals surface area contributed by atoms with Crippen molar-refractivity contribution in [3.8, 4) is 0 Å². The summed E-state index contributed by atoms with van der Waals surface area (Å²) in [6, 6.07) is 0. The summed E-state index contributed by atoms with van der Waals surface area (Å²) in [5.74, 6) is 1.80. The average molecular weight is 317 g/mol. The van der Waals surface area contributed by atoms with Crippen LogP contribution < -0.4 is 4.06 Å². The van der Waals surface area contributed by atoms with Crippen LogP contribution in [0.15, 0.2) is 13.2 Å². The summed E-state index contributed by atoms with van der Waals surface area (Å²) < 4.78 is 3.23. The summed E-state index contributed by atoms with van der Waals surface area (Å²) in [6.45, 7) is 7.30. The lowest BCUT2D eigenvalue weighted by molar-refractivity contribution is 0.414. The van der Waals surface area contributed by atoms with Gasteiger partial charge in [0.2, 0.25) is 0 Å². The second-order valence-electron chi connectivity index (χ2n) is 6.47. The van der Waals surface area contributed by atoms with Crippen LogP contribution in [0.2, 0.25) is 0 Å². The Hall–Kier alpha value is 0.550. The van der Waals surface area contributed by atoms with E-state index in [0.717, 1.165) is 11.8 Å². The van der Waals surface area contributed by atoms with Crippen molar-refractivity contribution in [3.05, 3.63) is 8.85 Å². The standard InChI is InChI=1S/C13H16OS4/c1-12(2)6-4-5-13(3)8(7(6)12)15-9-10(18-13)17-11(14)16-9/h6-8H,4-5H2,1-3H3/t6-,7-,8+,13-/m1/s1. The molecule has 1 aromatic heterocycles. The highest BCUT2D eigenvalue weighted by atomic mass is 32.2. The van der Waals surface area contributed by atoms with Crippen LogP contribution in [0.25, 0.3) is 0 Å². The zero-order valence-corrected chi connectivity index (χ0v) is 14.0. The molecule has 0 unspecified atom stereocenters. The average Bonchev–Trinajstić information content (AvgIpc) is 2.63. The first-order valence-electron chi connectivity index (χ1n) is 6.41. The lowest BCUT2D eigenvalue weighted by Crippen LogP contribution is -2.40. The molecule has 0 radical (unpaired) electrons. The topological polar surface area (TPSA) is 17.1 Å². The highest BCUT2D eigenvalue weighted by Crippen LogP contribution is 2.73. The Bertz CT molecular complexity index is 572. The molecule has 0 aromatic carbocycles. The van der Waals surface area contributed by atoms with E-state index < -0.39 is 0 Å². The Kier molecular flexibility index (Phi) is 2.46. The van der Waals surface area contributed by atoms with Crippen molar-refractivity contribution in [1.29, 1.82) is 0 Å². The molecule has 98 valence electrons. The van der Waals surface area contributed by atoms with E-state index in [1.165, 1.54) is 43.9 Å². The van der Waals surface area contributed by atoms with E-state index in [1.807, 2.05) is 23.5 Å². The van der Waals surface area contributed by atoms with Crippen molar-refractivity contribution in [2.75, 3.05) is 0 Å². The number of hydrogen-bond donors (Lipinski definition) is 0. The Morgan fingerprint density at radius 1 is 1.17 bits per heavy atom. The van der Waals surface area contributed by atoms with Gasteiger partial charge in [-0.3, -0.25) is 4.79 Å². The molecule has 1 nitrogen and oxygen atoms in total. The van der Waals surface area contributed by atoms with Gasteiger partial charge in [0.25, 0.3) is 4.06 Å². The molecule has 0 N–H and O–H groups in total. The lowest BCUT2D eigenvalue weighted by Gasteiger charge is -2.42. The van der Waals surface area contributed by atoms with E-state index >= 15 is 0 Å². The van der Waals surface area contributed by atoms with Gasteiger partial charge in [0.15, 0.2) is 0 Å². The van der Waals surface area contributed by atoms with Crippen molar-refractivity contribution in [3.63, 3.8) is 0 Å². The minimum Gasteiger partial charge on any atom is -0.265 e. The molecule has 18 heavy (non-hydrogen) atoms. The summed E-state index contributed by atoms with van der Waals surface area (Å²) in [6.07, 6.45) is 2.70. The Balaban J connectivity index is 1.77. The fourth-order valence-electron chi connectivity index (χ4n) is 3.93. The van der Waals surface area contributed by atoms with E-state index in [2.05, 4.69) is 20.8 Å². The van der Waals surface area contributed by atoms with Crippen molar-refractivity contribution >= 4 is 46.2 Å². The Labute approximate surface area is 124 Å². The number of fused-ring (bicyclic) bond motifs is 4. The zero-order chi connectivity index (χ0) is 12.7. The predicted molar refractivity (Wildman–Crippen MR) is 82.4 cm³/mol. The van der Waals surface area contributed by atoms with Gasteiger partial charge in [-0.15, -0.1) is 23.5 Å². The monoisotopic (exact) mass is 316 g/mol. The number of rotatable bonds is 0. The maximum atomic E-state index is 11.6. The molecule has 1 aliphatic heterocycles. The highest BCUT2D eigenvalue weighted by molar-refractivity contribution is 8.09. The van der Waals surface area contributed by atoms with Crippen molar-refractivity contribution in [2.24, 2.45) is 17.3 Å².